The van der Waals surface area contributed by atoms with Crippen molar-refractivity contribution in [2.75, 3.05) is 17.2 Å². The Morgan fingerprint density at radius 1 is 1.11 bits per heavy atom. The second-order valence-electron chi connectivity index (χ2n) is 11.2. The van der Waals surface area contributed by atoms with E-state index in [1.54, 1.807) is 11.8 Å². The number of hydrogen-bond donors (Lipinski definition) is 1. The number of ether oxygens (including phenoxy) is 1. The highest BCUT2D eigenvalue weighted by molar-refractivity contribution is 8.14. The molecule has 1 fully saturated rings. The molecule has 1 aromatic heterocycles. The quantitative estimate of drug-likeness (QED) is 0.212. The summed E-state index contributed by atoms with van der Waals surface area (Å²) in [4.78, 5) is 23.9. The van der Waals surface area contributed by atoms with Crippen molar-refractivity contribution in [3.8, 4) is 22.8 Å². The number of urea groups is 1. The normalized spacial score (nSPS) is 16.3. The van der Waals surface area contributed by atoms with Crippen LogP contribution in [0.25, 0.3) is 17.1 Å². The molecular formula is C33H35F3N6O2S. The summed E-state index contributed by atoms with van der Waals surface area (Å²) in [6.45, 7) is 9.04. The second kappa shape index (κ2) is 13.8. The van der Waals surface area contributed by atoms with E-state index in [2.05, 4.69) is 75.9 Å². The molecule has 2 amide bonds. The average Bonchev–Trinajstić information content (AvgIpc) is 3.47. The third kappa shape index (κ3) is 8.24. The van der Waals surface area contributed by atoms with Gasteiger partial charge in [0.15, 0.2) is 11.0 Å². The fourth-order valence-electron chi connectivity index (χ4n) is 5.07. The smallest absolute Gasteiger partial charge is 0.406 e. The molecule has 2 heterocycles. The van der Waals surface area contributed by atoms with Gasteiger partial charge in [0.25, 0.3) is 0 Å². The largest absolute Gasteiger partial charge is 0.573 e. The van der Waals surface area contributed by atoms with E-state index >= 15 is 0 Å². The van der Waals surface area contributed by atoms with Gasteiger partial charge in [0.2, 0.25) is 0 Å². The van der Waals surface area contributed by atoms with Crippen LogP contribution in [-0.2, 0) is 6.42 Å². The molecule has 0 saturated carbocycles. The van der Waals surface area contributed by atoms with Crippen molar-refractivity contribution in [1.82, 2.24) is 20.1 Å². The van der Waals surface area contributed by atoms with Crippen LogP contribution in [0.4, 0.5) is 23.7 Å². The van der Waals surface area contributed by atoms with Gasteiger partial charge < -0.3 is 15.0 Å². The summed E-state index contributed by atoms with van der Waals surface area (Å²) in [5.41, 5.74) is 5.87. The van der Waals surface area contributed by atoms with E-state index < -0.39 is 6.36 Å². The SMILES string of the molecule is Cc1ccc(C(C)C)c(N2/C(=N/C(=O)NCCc3ccc(-c4ncn(-c5ccc(OC(F)(F)F)cc5)n4)cc3)SCCC2C)c1. The molecule has 12 heteroatoms. The number of aryl methyl sites for hydroxylation is 1. The lowest BCUT2D eigenvalue weighted by Gasteiger charge is -2.37. The Morgan fingerprint density at radius 3 is 2.53 bits per heavy atom. The maximum atomic E-state index is 12.9. The molecular weight excluding hydrogens is 601 g/mol. The molecule has 0 radical (unpaired) electrons. The average molecular weight is 637 g/mol. The third-order valence-corrected chi connectivity index (χ3v) is 8.39. The van der Waals surface area contributed by atoms with Crippen LogP contribution in [0.5, 0.6) is 5.75 Å². The highest BCUT2D eigenvalue weighted by Crippen LogP contribution is 2.35. The van der Waals surface area contributed by atoms with Crippen molar-refractivity contribution < 1.29 is 22.7 Å². The number of nitrogens with one attached hydrogen (secondary N) is 1. The Morgan fingerprint density at radius 2 is 1.84 bits per heavy atom. The van der Waals surface area contributed by atoms with Crippen molar-refractivity contribution in [2.45, 2.75) is 58.9 Å². The van der Waals surface area contributed by atoms with Crippen molar-refractivity contribution in [3.05, 3.63) is 89.7 Å². The van der Waals surface area contributed by atoms with Gasteiger partial charge in [-0.2, -0.15) is 4.99 Å². The molecule has 236 valence electrons. The molecule has 1 N–H and O–H groups in total. The monoisotopic (exact) mass is 636 g/mol. The molecule has 1 aliphatic rings. The summed E-state index contributed by atoms with van der Waals surface area (Å²) in [6, 6.07) is 19.4. The molecule has 5 rings (SSSR count). The molecule has 1 atom stereocenters. The summed E-state index contributed by atoms with van der Waals surface area (Å²) in [5, 5.41) is 8.10. The number of rotatable bonds is 8. The summed E-state index contributed by atoms with van der Waals surface area (Å²) in [6.07, 6.45) is -1.62. The zero-order valence-corrected chi connectivity index (χ0v) is 26.3. The lowest BCUT2D eigenvalue weighted by molar-refractivity contribution is -0.274. The van der Waals surface area contributed by atoms with Crippen LogP contribution in [0.15, 0.2) is 78.0 Å². The standard InChI is InChI=1S/C33H35F3N6O2S/c1-21(2)28-14-5-22(3)19-29(28)42-23(4)16-18-45-32(42)39-31(43)37-17-15-24-6-8-25(9-7-24)30-38-20-41(40-30)26-10-12-27(13-11-26)44-33(34,35)36/h5-14,19-21,23H,15-18H2,1-4H3,(H,37,43)/b39-32-. The Kier molecular flexibility index (Phi) is 9.81. The van der Waals surface area contributed by atoms with Gasteiger partial charge in [0.05, 0.1) is 5.69 Å². The first-order chi connectivity index (χ1) is 21.5. The number of benzene rings is 3. The van der Waals surface area contributed by atoms with Gasteiger partial charge in [-0.3, -0.25) is 0 Å². The van der Waals surface area contributed by atoms with Crippen LogP contribution >= 0.6 is 11.8 Å². The van der Waals surface area contributed by atoms with E-state index in [0.29, 0.717) is 30.4 Å². The fraction of sp³-hybridized carbons (Fsp3) is 0.333. The summed E-state index contributed by atoms with van der Waals surface area (Å²) < 4.78 is 42.7. The molecule has 0 aliphatic carbocycles. The first kappa shape index (κ1) is 32.1. The number of aromatic nitrogens is 3. The number of halogens is 3. The highest BCUT2D eigenvalue weighted by Gasteiger charge is 2.31. The zero-order chi connectivity index (χ0) is 32.1. The summed E-state index contributed by atoms with van der Waals surface area (Å²) in [7, 11) is 0. The lowest BCUT2D eigenvalue weighted by Crippen LogP contribution is -2.42. The fourth-order valence-corrected chi connectivity index (χ4v) is 6.27. The molecule has 1 unspecified atom stereocenters. The Hall–Kier alpha value is -4.32. The topological polar surface area (TPSA) is 84.6 Å². The molecule has 45 heavy (non-hydrogen) atoms. The van der Waals surface area contributed by atoms with Crippen molar-refractivity contribution in [3.63, 3.8) is 0 Å². The lowest BCUT2D eigenvalue weighted by atomic mass is 9.98. The number of alkyl halides is 3. The molecule has 3 aromatic carbocycles. The first-order valence-corrected chi connectivity index (χ1v) is 15.7. The number of carbonyl (C=O) groups is 1. The second-order valence-corrected chi connectivity index (χ2v) is 12.3. The maximum Gasteiger partial charge on any atom is 0.573 e. The minimum absolute atomic E-state index is 0.231. The Labute approximate surface area is 264 Å². The molecule has 1 aliphatic heterocycles. The number of thioether (sulfide) groups is 1. The molecule has 8 nitrogen and oxygen atoms in total. The number of amidine groups is 1. The van der Waals surface area contributed by atoms with Crippen LogP contribution in [0.2, 0.25) is 0 Å². The predicted octanol–water partition coefficient (Wildman–Crippen LogP) is 7.90. The van der Waals surface area contributed by atoms with Crippen molar-refractivity contribution in [1.29, 1.82) is 0 Å². The number of carbonyl (C=O) groups excluding carboxylic acids is 1. The van der Waals surface area contributed by atoms with E-state index in [1.165, 1.54) is 46.4 Å². The molecule has 0 bridgehead atoms. The van der Waals surface area contributed by atoms with E-state index in [1.807, 2.05) is 24.3 Å². The Balaban J connectivity index is 1.18. The minimum atomic E-state index is -4.75. The molecule has 1 saturated heterocycles. The predicted molar refractivity (Wildman–Crippen MR) is 172 cm³/mol. The van der Waals surface area contributed by atoms with Crippen LogP contribution < -0.4 is 15.0 Å². The first-order valence-electron chi connectivity index (χ1n) is 14.7. The van der Waals surface area contributed by atoms with Crippen molar-refractivity contribution in [2.24, 2.45) is 4.99 Å². The Bertz CT molecular complexity index is 1650. The minimum Gasteiger partial charge on any atom is -0.406 e. The van der Waals surface area contributed by atoms with Crippen LogP contribution in [-0.4, -0.2) is 50.7 Å². The third-order valence-electron chi connectivity index (χ3n) is 7.41. The van der Waals surface area contributed by atoms with Gasteiger partial charge in [0.1, 0.15) is 12.1 Å². The van der Waals surface area contributed by atoms with Gasteiger partial charge in [-0.15, -0.1) is 18.3 Å². The van der Waals surface area contributed by atoms with Crippen LogP contribution in [0.1, 0.15) is 49.8 Å². The highest BCUT2D eigenvalue weighted by atomic mass is 32.2. The molecule has 0 spiro atoms. The van der Waals surface area contributed by atoms with Gasteiger partial charge in [0, 0.05) is 29.6 Å². The van der Waals surface area contributed by atoms with E-state index in [-0.39, 0.29) is 17.8 Å². The number of anilines is 1. The molecule has 4 aromatic rings. The van der Waals surface area contributed by atoms with E-state index in [0.717, 1.165) is 34.2 Å². The van der Waals surface area contributed by atoms with Crippen LogP contribution in [0, 0.1) is 6.92 Å². The summed E-state index contributed by atoms with van der Waals surface area (Å²) >= 11 is 1.61. The number of aliphatic imine (C=N–C) groups is 1. The number of nitrogens with zero attached hydrogens (tertiary/aromatic N) is 5. The number of hydrogen-bond acceptors (Lipinski definition) is 5. The van der Waals surface area contributed by atoms with Crippen LogP contribution in [0.3, 0.4) is 0 Å². The van der Waals surface area contributed by atoms with Gasteiger partial charge >= 0.3 is 12.4 Å². The van der Waals surface area contributed by atoms with E-state index in [4.69, 9.17) is 0 Å². The zero-order valence-electron chi connectivity index (χ0n) is 25.5. The van der Waals surface area contributed by atoms with Crippen molar-refractivity contribution >= 4 is 28.6 Å². The van der Waals surface area contributed by atoms with Gasteiger partial charge in [-0.05, 0) is 79.6 Å². The summed E-state index contributed by atoms with van der Waals surface area (Å²) in [5.74, 6) is 1.42. The number of amides is 2. The maximum absolute atomic E-state index is 12.9. The van der Waals surface area contributed by atoms with E-state index in [9.17, 15) is 18.0 Å². The van der Waals surface area contributed by atoms with Gasteiger partial charge in [-0.25, -0.2) is 14.5 Å². The van der Waals surface area contributed by atoms with Gasteiger partial charge in [-0.1, -0.05) is 62.0 Å².